The van der Waals surface area contributed by atoms with Gasteiger partial charge >= 0.3 is 0 Å². The van der Waals surface area contributed by atoms with Gasteiger partial charge < -0.3 is 9.38 Å². The molecule has 1 aromatic heterocycles. The number of nitrogens with zero attached hydrogens (tertiary/aromatic N) is 4. The number of benzene rings is 3. The molecule has 0 N–H and O–H groups in total. The zero-order chi connectivity index (χ0) is 26.7. The van der Waals surface area contributed by atoms with Gasteiger partial charge in [0.2, 0.25) is 0 Å². The van der Waals surface area contributed by atoms with Crippen LogP contribution >= 0.6 is 11.8 Å². The van der Waals surface area contributed by atoms with E-state index in [0.29, 0.717) is 0 Å². The number of fused-ring (bicyclic) bond motifs is 2. The first kappa shape index (κ1) is 29.8. The Kier molecular flexibility index (Phi) is 9.93. The zero-order valence-electron chi connectivity index (χ0n) is 24.0. The van der Waals surface area contributed by atoms with Crippen molar-refractivity contribution < 1.29 is 41.8 Å². The molecule has 199 valence electrons. The summed E-state index contributed by atoms with van der Waals surface area (Å²) in [7, 11) is 6.88. The quantitative estimate of drug-likeness (QED) is 0.149. The van der Waals surface area contributed by atoms with Crippen molar-refractivity contribution in [2.75, 3.05) is 57.1 Å². The molecule has 1 radical (unpaired) electrons. The minimum atomic E-state index is 0. The molecule has 1 aliphatic rings. The van der Waals surface area contributed by atoms with Crippen LogP contribution in [0.4, 0.5) is 11.5 Å². The van der Waals surface area contributed by atoms with E-state index in [0.717, 1.165) is 24.1 Å². The Morgan fingerprint density at radius 2 is 1.59 bits per heavy atom. The molecule has 39 heavy (non-hydrogen) atoms. The van der Waals surface area contributed by atoms with Gasteiger partial charge in [0.25, 0.3) is 5.82 Å². The molecular weight excluding hydrogens is 573 g/mol. The Hall–Kier alpha value is -2.18. The van der Waals surface area contributed by atoms with Crippen LogP contribution in [0, 0.1) is 0 Å². The van der Waals surface area contributed by atoms with Crippen LogP contribution in [-0.2, 0) is 32.7 Å². The molecular formula is C33H40N4SY+2. The molecule has 0 bridgehead atoms. The van der Waals surface area contributed by atoms with Gasteiger partial charge in [0.05, 0.1) is 37.9 Å². The van der Waals surface area contributed by atoms with Crippen molar-refractivity contribution in [3.8, 4) is 5.69 Å². The molecule has 0 atom stereocenters. The number of pyridine rings is 1. The molecule has 0 amide bonds. The number of hydrogen-bond donors (Lipinski definition) is 0. The van der Waals surface area contributed by atoms with Crippen LogP contribution in [-0.4, -0.2) is 51.8 Å². The standard InChI is InChI=1S/C33H40N4S.Y/c1-6-22-37(4,5)23-21-35(7-2)32-24-26(25-33-34(3)30-19-13-14-20-31(30)38-33)28-17-11-12-18-29(28)36(32)27-15-9-8-10-16-27;/h8-20,24-25H,6-7,21-23H2,1-5H3;/q+2;. The topological polar surface area (TPSA) is 10.4 Å². The molecule has 0 spiro atoms. The monoisotopic (exact) mass is 613 g/mol. The van der Waals surface area contributed by atoms with E-state index in [1.807, 2.05) is 11.8 Å². The number of aromatic nitrogens is 1. The Labute approximate surface area is 263 Å². The third kappa shape index (κ3) is 6.43. The molecule has 1 aliphatic heterocycles. The van der Waals surface area contributed by atoms with Crippen molar-refractivity contribution >= 4 is 40.2 Å². The maximum absolute atomic E-state index is 2.55. The fraction of sp³-hybridized carbons (Fsp3) is 0.303. The zero-order valence-corrected chi connectivity index (χ0v) is 27.6. The summed E-state index contributed by atoms with van der Waals surface area (Å²) in [5.74, 6) is 1.24. The number of hydrogen-bond acceptors (Lipinski definition) is 3. The van der Waals surface area contributed by atoms with Gasteiger partial charge in [-0.25, -0.2) is 0 Å². The van der Waals surface area contributed by atoms with Gasteiger partial charge in [0, 0.05) is 56.1 Å². The number of thioether (sulfide) groups is 1. The van der Waals surface area contributed by atoms with Gasteiger partial charge in [-0.15, -0.1) is 0 Å². The SMILES string of the molecule is CCC[N+](C)(C)CCN(CC)c1cc(C=C2Sc3ccccc3N2C)c2ccccc2[n+]1-c1ccccc1.[Y]. The summed E-state index contributed by atoms with van der Waals surface area (Å²) in [6.07, 6.45) is 3.57. The van der Waals surface area contributed by atoms with Crippen LogP contribution in [0.15, 0.2) is 94.9 Å². The van der Waals surface area contributed by atoms with Gasteiger partial charge in [-0.3, -0.25) is 4.90 Å². The van der Waals surface area contributed by atoms with E-state index >= 15 is 0 Å². The molecule has 0 saturated heterocycles. The number of anilines is 2. The maximum Gasteiger partial charge on any atom is 0.283 e. The summed E-state index contributed by atoms with van der Waals surface area (Å²) in [6.45, 7) is 8.81. The number of rotatable bonds is 9. The fourth-order valence-corrected chi connectivity index (χ4v) is 6.54. The van der Waals surface area contributed by atoms with Gasteiger partial charge in [-0.2, -0.15) is 4.57 Å². The van der Waals surface area contributed by atoms with Gasteiger partial charge in [0.15, 0.2) is 0 Å². The van der Waals surface area contributed by atoms with Gasteiger partial charge in [0.1, 0.15) is 24.3 Å². The summed E-state index contributed by atoms with van der Waals surface area (Å²) >= 11 is 1.85. The summed E-state index contributed by atoms with van der Waals surface area (Å²) in [6, 6.07) is 30.7. The van der Waals surface area contributed by atoms with Crippen molar-refractivity contribution in [3.05, 3.63) is 95.5 Å². The van der Waals surface area contributed by atoms with Gasteiger partial charge in [-0.1, -0.05) is 67.2 Å². The molecule has 0 fully saturated rings. The minimum absolute atomic E-state index is 0. The first-order valence-corrected chi connectivity index (χ1v) is 14.6. The Morgan fingerprint density at radius 1 is 0.897 bits per heavy atom. The third-order valence-electron chi connectivity index (χ3n) is 7.54. The van der Waals surface area contributed by atoms with E-state index < -0.39 is 0 Å². The Bertz CT molecular complexity index is 1450. The molecule has 5 rings (SSSR count). The van der Waals surface area contributed by atoms with Crippen molar-refractivity contribution in [1.29, 1.82) is 0 Å². The van der Waals surface area contributed by atoms with Crippen LogP contribution in [0.25, 0.3) is 22.7 Å². The molecule has 3 aromatic carbocycles. The maximum atomic E-state index is 2.55. The van der Waals surface area contributed by atoms with E-state index in [1.165, 1.54) is 56.5 Å². The van der Waals surface area contributed by atoms with E-state index in [4.69, 9.17) is 0 Å². The van der Waals surface area contributed by atoms with Gasteiger partial charge in [-0.05, 0) is 55.3 Å². The molecule has 0 saturated carbocycles. The summed E-state index contributed by atoms with van der Waals surface area (Å²) < 4.78 is 3.48. The van der Waals surface area contributed by atoms with Crippen molar-refractivity contribution in [2.45, 2.75) is 25.2 Å². The molecule has 2 heterocycles. The second kappa shape index (κ2) is 13.0. The van der Waals surface area contributed by atoms with E-state index in [1.54, 1.807) is 0 Å². The number of para-hydroxylation sites is 3. The minimum Gasteiger partial charge on any atom is -0.338 e. The molecule has 0 unspecified atom stereocenters. The largest absolute Gasteiger partial charge is 0.338 e. The molecule has 6 heteroatoms. The summed E-state index contributed by atoms with van der Waals surface area (Å²) in [5, 5.41) is 2.51. The van der Waals surface area contributed by atoms with Crippen LogP contribution in [0.5, 0.6) is 0 Å². The molecule has 4 nitrogen and oxygen atoms in total. The fourth-order valence-electron chi connectivity index (χ4n) is 5.44. The molecule has 0 aliphatic carbocycles. The van der Waals surface area contributed by atoms with Crippen molar-refractivity contribution in [1.82, 2.24) is 0 Å². The van der Waals surface area contributed by atoms with Crippen molar-refractivity contribution in [3.63, 3.8) is 0 Å². The summed E-state index contributed by atoms with van der Waals surface area (Å²) in [5.41, 5.74) is 4.95. The normalized spacial score (nSPS) is 14.0. The Balaban J connectivity index is 0.00000353. The smallest absolute Gasteiger partial charge is 0.283 e. The van der Waals surface area contributed by atoms with Crippen LogP contribution in [0.1, 0.15) is 25.8 Å². The molecule has 4 aromatic rings. The third-order valence-corrected chi connectivity index (χ3v) is 8.71. The van der Waals surface area contributed by atoms with Crippen LogP contribution in [0.3, 0.4) is 0 Å². The Morgan fingerprint density at radius 3 is 2.31 bits per heavy atom. The average molecular weight is 614 g/mol. The van der Waals surface area contributed by atoms with Crippen LogP contribution < -0.4 is 14.4 Å². The van der Waals surface area contributed by atoms with E-state index in [2.05, 4.69) is 140 Å². The first-order valence-electron chi connectivity index (χ1n) is 13.7. The first-order chi connectivity index (χ1) is 18.4. The average Bonchev–Trinajstić information content (AvgIpc) is 3.24. The number of likely N-dealkylation sites (N-methyl/N-ethyl adjacent to an activating group) is 2. The summed E-state index contributed by atoms with van der Waals surface area (Å²) in [4.78, 5) is 6.18. The van der Waals surface area contributed by atoms with E-state index in [-0.39, 0.29) is 32.7 Å². The number of quaternary nitrogens is 1. The van der Waals surface area contributed by atoms with E-state index in [9.17, 15) is 0 Å². The predicted octanol–water partition coefficient (Wildman–Crippen LogP) is 6.97. The second-order valence-electron chi connectivity index (χ2n) is 10.7. The predicted molar refractivity (Wildman–Crippen MR) is 164 cm³/mol. The second-order valence-corrected chi connectivity index (χ2v) is 11.8. The van der Waals surface area contributed by atoms with Crippen molar-refractivity contribution in [2.24, 2.45) is 0 Å². The van der Waals surface area contributed by atoms with Crippen LogP contribution in [0.2, 0.25) is 0 Å².